The third kappa shape index (κ3) is 3.46. The minimum absolute atomic E-state index is 0.264. The summed E-state index contributed by atoms with van der Waals surface area (Å²) in [6.45, 7) is 9.20. The van der Waals surface area contributed by atoms with E-state index in [0.29, 0.717) is 0 Å². The lowest BCUT2D eigenvalue weighted by atomic mass is 9.82. The zero-order chi connectivity index (χ0) is 11.9. The van der Waals surface area contributed by atoms with E-state index in [1.807, 2.05) is 0 Å². The monoisotopic (exact) mass is 226 g/mol. The third-order valence-corrected chi connectivity index (χ3v) is 3.89. The number of hydrogen-bond acceptors (Lipinski definition) is 2. The van der Waals surface area contributed by atoms with Crippen LogP contribution in [0, 0.1) is 5.92 Å². The average molecular weight is 226 g/mol. The highest BCUT2D eigenvalue weighted by atomic mass is 15.3. The van der Waals surface area contributed by atoms with Gasteiger partial charge in [0, 0.05) is 13.1 Å². The fourth-order valence-electron chi connectivity index (χ4n) is 3.13. The quantitative estimate of drug-likeness (QED) is 0.664. The standard InChI is InChI=1S/C14H30N2/c1-4-7-9-13(8-5-2)14(10-6-3)15-11-12-16-14/h13,15-16H,4-12H2,1-3H3. The smallest absolute Gasteiger partial charge is 0.0716 e. The second-order valence-corrected chi connectivity index (χ2v) is 5.20. The predicted octanol–water partition coefficient (Wildman–Crippen LogP) is 3.28. The van der Waals surface area contributed by atoms with Crippen LogP contribution in [-0.2, 0) is 0 Å². The van der Waals surface area contributed by atoms with E-state index < -0.39 is 0 Å². The van der Waals surface area contributed by atoms with Crippen molar-refractivity contribution in [2.75, 3.05) is 13.1 Å². The topological polar surface area (TPSA) is 24.1 Å². The molecule has 2 heteroatoms. The Morgan fingerprint density at radius 2 is 1.62 bits per heavy atom. The number of unbranched alkanes of at least 4 members (excludes halogenated alkanes) is 1. The number of hydrogen-bond donors (Lipinski definition) is 2. The average Bonchev–Trinajstić information content (AvgIpc) is 2.74. The summed E-state index contributed by atoms with van der Waals surface area (Å²) in [5.74, 6) is 0.819. The summed E-state index contributed by atoms with van der Waals surface area (Å²) in [7, 11) is 0. The first kappa shape index (κ1) is 14.0. The molecule has 1 aliphatic rings. The summed E-state index contributed by atoms with van der Waals surface area (Å²) in [6.07, 6.45) is 9.29. The van der Waals surface area contributed by atoms with Crippen molar-refractivity contribution in [3.63, 3.8) is 0 Å². The molecule has 1 heterocycles. The van der Waals surface area contributed by atoms with Gasteiger partial charge in [0.25, 0.3) is 0 Å². The van der Waals surface area contributed by atoms with Crippen molar-refractivity contribution in [1.29, 1.82) is 0 Å². The molecule has 2 nitrogen and oxygen atoms in total. The molecule has 0 radical (unpaired) electrons. The van der Waals surface area contributed by atoms with Crippen molar-refractivity contribution in [1.82, 2.24) is 10.6 Å². The van der Waals surface area contributed by atoms with Gasteiger partial charge in [-0.2, -0.15) is 0 Å². The van der Waals surface area contributed by atoms with Crippen LogP contribution in [0.1, 0.15) is 65.7 Å². The molecule has 0 saturated carbocycles. The van der Waals surface area contributed by atoms with Gasteiger partial charge in [0.1, 0.15) is 0 Å². The molecule has 96 valence electrons. The maximum Gasteiger partial charge on any atom is 0.0716 e. The highest BCUT2D eigenvalue weighted by Gasteiger charge is 2.38. The second kappa shape index (κ2) is 7.29. The maximum absolute atomic E-state index is 3.75. The molecule has 1 unspecified atom stereocenters. The zero-order valence-electron chi connectivity index (χ0n) is 11.4. The maximum atomic E-state index is 3.75. The first-order valence-electron chi connectivity index (χ1n) is 7.29. The molecule has 16 heavy (non-hydrogen) atoms. The fourth-order valence-corrected chi connectivity index (χ4v) is 3.13. The van der Waals surface area contributed by atoms with Crippen LogP contribution in [0.15, 0.2) is 0 Å². The van der Waals surface area contributed by atoms with Gasteiger partial charge in [0.15, 0.2) is 0 Å². The third-order valence-electron chi connectivity index (χ3n) is 3.89. The van der Waals surface area contributed by atoms with Crippen LogP contribution in [0.4, 0.5) is 0 Å². The van der Waals surface area contributed by atoms with Gasteiger partial charge in [-0.3, -0.25) is 10.6 Å². The van der Waals surface area contributed by atoms with Crippen LogP contribution in [-0.4, -0.2) is 18.8 Å². The summed E-state index contributed by atoms with van der Waals surface area (Å²) < 4.78 is 0. The SMILES string of the molecule is CCCCC(CCC)C1(CCC)NCCN1. The lowest BCUT2D eigenvalue weighted by Gasteiger charge is -2.38. The van der Waals surface area contributed by atoms with E-state index in [1.165, 1.54) is 44.9 Å². The Morgan fingerprint density at radius 1 is 0.938 bits per heavy atom. The molecule has 0 aromatic rings. The molecule has 1 saturated heterocycles. The van der Waals surface area contributed by atoms with Gasteiger partial charge in [-0.05, 0) is 25.2 Å². The van der Waals surface area contributed by atoms with Crippen LogP contribution >= 0.6 is 0 Å². The van der Waals surface area contributed by atoms with Crippen LogP contribution in [0.5, 0.6) is 0 Å². The Hall–Kier alpha value is -0.0800. The van der Waals surface area contributed by atoms with E-state index in [9.17, 15) is 0 Å². The Balaban J connectivity index is 2.62. The van der Waals surface area contributed by atoms with Crippen LogP contribution in [0.3, 0.4) is 0 Å². The van der Waals surface area contributed by atoms with E-state index in [1.54, 1.807) is 0 Å². The Kier molecular flexibility index (Phi) is 6.37. The normalized spacial score (nSPS) is 21.2. The van der Waals surface area contributed by atoms with Crippen LogP contribution in [0.2, 0.25) is 0 Å². The molecule has 0 aliphatic carbocycles. The molecule has 0 aromatic heterocycles. The summed E-state index contributed by atoms with van der Waals surface area (Å²) >= 11 is 0. The molecule has 0 spiro atoms. The van der Waals surface area contributed by atoms with E-state index in [4.69, 9.17) is 0 Å². The number of rotatable bonds is 8. The summed E-state index contributed by atoms with van der Waals surface area (Å²) in [5.41, 5.74) is 0.264. The lowest BCUT2D eigenvalue weighted by molar-refractivity contribution is 0.165. The van der Waals surface area contributed by atoms with Gasteiger partial charge < -0.3 is 0 Å². The van der Waals surface area contributed by atoms with E-state index in [2.05, 4.69) is 31.4 Å². The molecule has 0 bridgehead atoms. The lowest BCUT2D eigenvalue weighted by Crippen LogP contribution is -2.55. The highest BCUT2D eigenvalue weighted by molar-refractivity contribution is 4.96. The molecule has 2 N–H and O–H groups in total. The summed E-state index contributed by atoms with van der Waals surface area (Å²) in [4.78, 5) is 0. The minimum Gasteiger partial charge on any atom is -0.298 e. The van der Waals surface area contributed by atoms with Crippen molar-refractivity contribution in [2.45, 2.75) is 71.4 Å². The van der Waals surface area contributed by atoms with Crippen molar-refractivity contribution in [3.8, 4) is 0 Å². The highest BCUT2D eigenvalue weighted by Crippen LogP contribution is 2.31. The molecule has 0 aromatic carbocycles. The van der Waals surface area contributed by atoms with E-state index in [0.717, 1.165) is 19.0 Å². The van der Waals surface area contributed by atoms with E-state index in [-0.39, 0.29) is 5.66 Å². The largest absolute Gasteiger partial charge is 0.298 e. The summed E-state index contributed by atoms with van der Waals surface area (Å²) in [6, 6.07) is 0. The summed E-state index contributed by atoms with van der Waals surface area (Å²) in [5, 5.41) is 7.51. The Labute approximate surface area is 102 Å². The van der Waals surface area contributed by atoms with Gasteiger partial charge in [-0.1, -0.05) is 46.5 Å². The first-order valence-corrected chi connectivity index (χ1v) is 7.29. The van der Waals surface area contributed by atoms with E-state index >= 15 is 0 Å². The molecule has 1 fully saturated rings. The van der Waals surface area contributed by atoms with Crippen molar-refractivity contribution in [3.05, 3.63) is 0 Å². The van der Waals surface area contributed by atoms with Gasteiger partial charge in [0.2, 0.25) is 0 Å². The van der Waals surface area contributed by atoms with Crippen LogP contribution < -0.4 is 10.6 Å². The predicted molar refractivity (Wildman–Crippen MR) is 71.6 cm³/mol. The zero-order valence-corrected chi connectivity index (χ0v) is 11.4. The molecule has 1 rings (SSSR count). The molecule has 0 amide bonds. The van der Waals surface area contributed by atoms with Crippen molar-refractivity contribution < 1.29 is 0 Å². The van der Waals surface area contributed by atoms with Crippen molar-refractivity contribution >= 4 is 0 Å². The molecule has 1 atom stereocenters. The minimum atomic E-state index is 0.264. The molecule has 1 aliphatic heterocycles. The van der Waals surface area contributed by atoms with Gasteiger partial charge >= 0.3 is 0 Å². The van der Waals surface area contributed by atoms with Gasteiger partial charge in [0.05, 0.1) is 5.66 Å². The Bertz CT molecular complexity index is 174. The number of nitrogens with one attached hydrogen (secondary N) is 2. The van der Waals surface area contributed by atoms with Gasteiger partial charge in [-0.15, -0.1) is 0 Å². The fraction of sp³-hybridized carbons (Fsp3) is 1.00. The molecular formula is C14H30N2. The first-order chi connectivity index (χ1) is 7.79. The van der Waals surface area contributed by atoms with Gasteiger partial charge in [-0.25, -0.2) is 0 Å². The second-order valence-electron chi connectivity index (χ2n) is 5.20. The Morgan fingerprint density at radius 3 is 2.12 bits per heavy atom. The van der Waals surface area contributed by atoms with Crippen LogP contribution in [0.25, 0.3) is 0 Å². The molecular weight excluding hydrogens is 196 g/mol. The van der Waals surface area contributed by atoms with Crippen molar-refractivity contribution in [2.24, 2.45) is 5.92 Å².